The molecule has 2 heterocycles. The number of hydrogen-bond acceptors (Lipinski definition) is 10. The Morgan fingerprint density at radius 2 is 0.447 bits per heavy atom. The molecule has 0 N–H and O–H groups in total. The Balaban J connectivity index is 0.688. The van der Waals surface area contributed by atoms with Crippen LogP contribution in [-0.4, -0.2) is 29.9 Å². The molecule has 15 rings (SSSR count). The first-order chi connectivity index (χ1) is 46.3. The van der Waals surface area contributed by atoms with Gasteiger partial charge in [0.15, 0.2) is 34.9 Å². The van der Waals surface area contributed by atoms with Gasteiger partial charge in [0.1, 0.15) is 0 Å². The second kappa shape index (κ2) is 24.7. The predicted octanol–water partition coefficient (Wildman–Crippen LogP) is 19.9. The van der Waals surface area contributed by atoms with Gasteiger partial charge in [0.05, 0.1) is 46.5 Å². The number of nitriles is 4. The van der Waals surface area contributed by atoms with Crippen LogP contribution in [-0.2, 0) is 0 Å². The Morgan fingerprint density at radius 3 is 0.787 bits per heavy atom. The molecule has 0 bridgehead atoms. The minimum atomic E-state index is 0.450. The minimum absolute atomic E-state index is 0.450. The van der Waals surface area contributed by atoms with Gasteiger partial charge in [-0.25, -0.2) is 29.9 Å². The number of fused-ring (bicyclic) bond motifs is 2. The zero-order valence-electron chi connectivity index (χ0n) is 50.2. The molecule has 0 amide bonds. The van der Waals surface area contributed by atoms with Crippen LogP contribution in [0.5, 0.6) is 0 Å². The molecule has 0 unspecified atom stereocenters. The maximum absolute atomic E-state index is 9.61. The zero-order chi connectivity index (χ0) is 63.5. The predicted molar refractivity (Wildman–Crippen MR) is 372 cm³/mol. The van der Waals surface area contributed by atoms with E-state index in [1.807, 2.05) is 109 Å². The zero-order valence-corrected chi connectivity index (χ0v) is 50.2. The molecule has 0 saturated heterocycles. The molecule has 15 aromatic rings. The van der Waals surface area contributed by atoms with Gasteiger partial charge in [-0.15, -0.1) is 0 Å². The Hall–Kier alpha value is -13.6. The van der Waals surface area contributed by atoms with Crippen molar-refractivity contribution in [2.45, 2.75) is 0 Å². The van der Waals surface area contributed by atoms with Gasteiger partial charge in [-0.05, 0) is 131 Å². The Morgan fingerprint density at radius 1 is 0.181 bits per heavy atom. The van der Waals surface area contributed by atoms with E-state index in [9.17, 15) is 21.0 Å². The van der Waals surface area contributed by atoms with Crippen LogP contribution in [0.15, 0.2) is 291 Å². The van der Waals surface area contributed by atoms with Crippen LogP contribution >= 0.6 is 0 Å². The smallest absolute Gasteiger partial charge is 0.164 e. The highest BCUT2D eigenvalue weighted by Gasteiger charge is 2.18. The normalized spacial score (nSPS) is 10.9. The van der Waals surface area contributed by atoms with Crippen LogP contribution in [0.2, 0.25) is 0 Å². The molecule has 434 valence electrons. The fourth-order valence-corrected chi connectivity index (χ4v) is 12.1. The average molecular weight is 1200 g/mol. The molecule has 13 aromatic carbocycles. The van der Waals surface area contributed by atoms with Crippen molar-refractivity contribution in [3.63, 3.8) is 0 Å². The molecule has 0 fully saturated rings. The third kappa shape index (κ3) is 11.3. The highest BCUT2D eigenvalue weighted by Crippen LogP contribution is 2.39. The number of benzene rings is 13. The SMILES string of the molecule is N#Cc1cc(C#N)cc(-c2ccc(-c3cccc4c(-c5ccc(-c6nc(-c7ccccc7)nc(-c7ccc(-c8ccc(-c9nc(-c%10ccccc%10)nc(-c%10ccc(-c%11cccc%12cc(-c%13cc(C#N)cc(C#N)c%13)ccc%11%12)cc%10)n9)cc8)cc7)n6)cc5)cccc34)cc2)c1. The van der Waals surface area contributed by atoms with E-state index in [0.29, 0.717) is 57.2 Å². The highest BCUT2D eigenvalue weighted by atomic mass is 15.0. The van der Waals surface area contributed by atoms with Gasteiger partial charge in [0.25, 0.3) is 0 Å². The molecule has 0 aliphatic rings. The largest absolute Gasteiger partial charge is 0.208 e. The summed E-state index contributed by atoms with van der Waals surface area (Å²) in [6, 6.07) is 106. The summed E-state index contributed by atoms with van der Waals surface area (Å²) in [6.07, 6.45) is 0. The van der Waals surface area contributed by atoms with Crippen LogP contribution in [0.25, 0.3) is 157 Å². The molecule has 0 aliphatic heterocycles. The standard InChI is InChI=1S/C84H48N10/c85-49-53-42-54(50-86)45-71(44-53)59-20-26-61(27-21-59)74-16-8-19-78-75(17-9-18-77(74)78)62-30-38-68(39-31-62)84-92-80(64-12-5-2-6-13-64)90-82(94-84)66-34-24-58(25-35-66)57-22-32-65(33-23-57)81-89-79(63-10-3-1-4-11-63)91-83(93-81)67-36-28-60(29-37-67)73-15-7-14-70-48-69(40-41-76(70)73)72-46-55(51-87)43-56(47-72)52-88/h1-48H. The van der Waals surface area contributed by atoms with Crippen LogP contribution in [0.4, 0.5) is 0 Å². The second-order valence-electron chi connectivity index (χ2n) is 22.7. The van der Waals surface area contributed by atoms with Crippen molar-refractivity contribution in [3.8, 4) is 159 Å². The molecular formula is C84H48N10. The molecule has 94 heavy (non-hydrogen) atoms. The van der Waals surface area contributed by atoms with Crippen molar-refractivity contribution >= 4 is 21.5 Å². The fourth-order valence-electron chi connectivity index (χ4n) is 12.1. The summed E-state index contributed by atoms with van der Waals surface area (Å²) < 4.78 is 0. The summed E-state index contributed by atoms with van der Waals surface area (Å²) in [4.78, 5) is 30.3. The van der Waals surface area contributed by atoms with Crippen molar-refractivity contribution in [2.24, 2.45) is 0 Å². The summed E-state index contributed by atoms with van der Waals surface area (Å²) in [5.74, 6) is 3.37. The van der Waals surface area contributed by atoms with Crippen molar-refractivity contribution < 1.29 is 0 Å². The molecule has 0 saturated carbocycles. The number of hydrogen-bond donors (Lipinski definition) is 0. The van der Waals surface area contributed by atoms with Crippen LogP contribution in [0.3, 0.4) is 0 Å². The Labute approximate surface area is 542 Å². The van der Waals surface area contributed by atoms with E-state index in [4.69, 9.17) is 29.9 Å². The first-order valence-corrected chi connectivity index (χ1v) is 30.4. The molecular weight excluding hydrogens is 1150 g/mol. The fraction of sp³-hybridized carbons (Fsp3) is 0. The Bertz CT molecular complexity index is 5540. The van der Waals surface area contributed by atoms with Crippen molar-refractivity contribution in [1.82, 2.24) is 29.9 Å². The molecule has 2 aromatic heterocycles. The molecule has 0 atom stereocenters. The first-order valence-electron chi connectivity index (χ1n) is 30.4. The summed E-state index contributed by atoms with van der Waals surface area (Å²) in [5.41, 5.74) is 18.9. The van der Waals surface area contributed by atoms with Crippen LogP contribution in [0.1, 0.15) is 22.3 Å². The second-order valence-corrected chi connectivity index (χ2v) is 22.7. The lowest BCUT2D eigenvalue weighted by atomic mass is 9.92. The quantitative estimate of drug-likeness (QED) is 0.115. The summed E-state index contributed by atoms with van der Waals surface area (Å²) in [7, 11) is 0. The number of aromatic nitrogens is 6. The van der Waals surface area contributed by atoms with E-state index in [-0.39, 0.29) is 0 Å². The molecule has 10 nitrogen and oxygen atoms in total. The minimum Gasteiger partial charge on any atom is -0.208 e. The molecule has 10 heteroatoms. The average Bonchev–Trinajstić information content (AvgIpc) is 1.61. The Kier molecular flexibility index (Phi) is 15.0. The van der Waals surface area contributed by atoms with Crippen LogP contribution in [0, 0.1) is 45.3 Å². The van der Waals surface area contributed by atoms with Gasteiger partial charge in [0, 0.05) is 33.4 Å². The summed E-state index contributed by atoms with van der Waals surface area (Å²) in [5, 5.41) is 42.7. The van der Waals surface area contributed by atoms with Gasteiger partial charge in [0.2, 0.25) is 0 Å². The van der Waals surface area contributed by atoms with E-state index in [1.54, 1.807) is 12.1 Å². The van der Waals surface area contributed by atoms with Gasteiger partial charge in [-0.2, -0.15) is 21.0 Å². The monoisotopic (exact) mass is 1200 g/mol. The molecule has 0 spiro atoms. The lowest BCUT2D eigenvalue weighted by Crippen LogP contribution is -2.00. The number of nitrogens with zero attached hydrogens (tertiary/aromatic N) is 10. The topological polar surface area (TPSA) is 172 Å². The van der Waals surface area contributed by atoms with E-state index in [2.05, 4.69) is 194 Å². The van der Waals surface area contributed by atoms with Crippen molar-refractivity contribution in [2.75, 3.05) is 0 Å². The summed E-state index contributed by atoms with van der Waals surface area (Å²) >= 11 is 0. The highest BCUT2D eigenvalue weighted by molar-refractivity contribution is 6.05. The molecule has 0 radical (unpaired) electrons. The third-order valence-electron chi connectivity index (χ3n) is 16.9. The van der Waals surface area contributed by atoms with Gasteiger partial charge in [-0.3, -0.25) is 0 Å². The van der Waals surface area contributed by atoms with Crippen molar-refractivity contribution in [1.29, 1.82) is 21.0 Å². The van der Waals surface area contributed by atoms with Crippen molar-refractivity contribution in [3.05, 3.63) is 313 Å². The van der Waals surface area contributed by atoms with Gasteiger partial charge < -0.3 is 0 Å². The van der Waals surface area contributed by atoms with E-state index < -0.39 is 0 Å². The molecule has 0 aliphatic carbocycles. The van der Waals surface area contributed by atoms with E-state index in [0.717, 1.165) is 122 Å². The van der Waals surface area contributed by atoms with Gasteiger partial charge in [-0.1, -0.05) is 249 Å². The lowest BCUT2D eigenvalue weighted by molar-refractivity contribution is 1.07. The number of rotatable bonds is 12. The van der Waals surface area contributed by atoms with E-state index in [1.165, 1.54) is 0 Å². The maximum Gasteiger partial charge on any atom is 0.164 e. The third-order valence-corrected chi connectivity index (χ3v) is 16.9. The van der Waals surface area contributed by atoms with Gasteiger partial charge >= 0.3 is 0 Å². The van der Waals surface area contributed by atoms with Crippen LogP contribution < -0.4 is 0 Å². The maximum atomic E-state index is 9.61. The van der Waals surface area contributed by atoms with E-state index >= 15 is 0 Å². The first kappa shape index (κ1) is 56.8. The summed E-state index contributed by atoms with van der Waals surface area (Å²) in [6.45, 7) is 0. The lowest BCUT2D eigenvalue weighted by Gasteiger charge is -2.13.